The third-order valence-corrected chi connectivity index (χ3v) is 3.17. The highest BCUT2D eigenvalue weighted by molar-refractivity contribution is 5.35. The fraction of sp³-hybridized carbons (Fsp3) is 0.455. The SMILES string of the molecule is CC1CC1CNc1nc(N)nc(-n2ccnc2)n1. The van der Waals surface area contributed by atoms with Gasteiger partial charge in [-0.25, -0.2) is 4.98 Å². The van der Waals surface area contributed by atoms with Crippen molar-refractivity contribution >= 4 is 11.9 Å². The number of anilines is 2. The third-order valence-electron chi connectivity index (χ3n) is 3.17. The zero-order chi connectivity index (χ0) is 12.5. The van der Waals surface area contributed by atoms with Crippen LogP contribution in [0.4, 0.5) is 11.9 Å². The van der Waals surface area contributed by atoms with E-state index < -0.39 is 0 Å². The van der Waals surface area contributed by atoms with Crippen molar-refractivity contribution in [2.75, 3.05) is 17.6 Å². The fourth-order valence-corrected chi connectivity index (χ4v) is 1.86. The lowest BCUT2D eigenvalue weighted by Gasteiger charge is -2.06. The van der Waals surface area contributed by atoms with Crippen molar-refractivity contribution in [3.8, 4) is 5.95 Å². The van der Waals surface area contributed by atoms with Crippen molar-refractivity contribution in [2.45, 2.75) is 13.3 Å². The molecule has 0 amide bonds. The van der Waals surface area contributed by atoms with E-state index in [1.807, 2.05) is 0 Å². The summed E-state index contributed by atoms with van der Waals surface area (Å²) in [5.41, 5.74) is 5.68. The second kappa shape index (κ2) is 4.25. The highest BCUT2D eigenvalue weighted by Gasteiger charge is 2.32. The summed E-state index contributed by atoms with van der Waals surface area (Å²) in [6, 6.07) is 0. The molecule has 1 saturated carbocycles. The van der Waals surface area contributed by atoms with Gasteiger partial charge in [-0.15, -0.1) is 0 Å². The minimum absolute atomic E-state index is 0.208. The summed E-state index contributed by atoms with van der Waals surface area (Å²) in [6.07, 6.45) is 6.32. The van der Waals surface area contributed by atoms with E-state index >= 15 is 0 Å². The number of nitrogens with two attached hydrogens (primary N) is 1. The first-order chi connectivity index (χ1) is 8.72. The maximum Gasteiger partial charge on any atom is 0.241 e. The largest absolute Gasteiger partial charge is 0.368 e. The van der Waals surface area contributed by atoms with Crippen LogP contribution in [0, 0.1) is 11.8 Å². The molecule has 2 atom stereocenters. The van der Waals surface area contributed by atoms with Gasteiger partial charge in [0.1, 0.15) is 6.33 Å². The summed E-state index contributed by atoms with van der Waals surface area (Å²) < 4.78 is 1.70. The summed E-state index contributed by atoms with van der Waals surface area (Å²) in [5, 5.41) is 3.20. The molecule has 18 heavy (non-hydrogen) atoms. The van der Waals surface area contributed by atoms with Crippen LogP contribution in [-0.4, -0.2) is 31.0 Å². The van der Waals surface area contributed by atoms with Gasteiger partial charge in [0.15, 0.2) is 0 Å². The Bertz CT molecular complexity index is 536. The van der Waals surface area contributed by atoms with Gasteiger partial charge in [0.25, 0.3) is 0 Å². The number of nitrogen functional groups attached to an aromatic ring is 1. The number of imidazole rings is 1. The van der Waals surface area contributed by atoms with Gasteiger partial charge < -0.3 is 11.1 Å². The predicted octanol–water partition coefficient (Wildman–Crippen LogP) is 0.707. The summed E-state index contributed by atoms with van der Waals surface area (Å²) in [6.45, 7) is 3.12. The van der Waals surface area contributed by atoms with Crippen molar-refractivity contribution < 1.29 is 0 Å². The number of nitrogens with zero attached hydrogens (tertiary/aromatic N) is 5. The van der Waals surface area contributed by atoms with Gasteiger partial charge in [-0.1, -0.05) is 6.92 Å². The van der Waals surface area contributed by atoms with Gasteiger partial charge in [0.05, 0.1) is 0 Å². The summed E-state index contributed by atoms with van der Waals surface area (Å²) in [5.74, 6) is 2.72. The van der Waals surface area contributed by atoms with Crippen molar-refractivity contribution in [3.05, 3.63) is 18.7 Å². The van der Waals surface area contributed by atoms with Crippen molar-refractivity contribution in [1.82, 2.24) is 24.5 Å². The number of aromatic nitrogens is 5. The Morgan fingerprint density at radius 1 is 1.44 bits per heavy atom. The van der Waals surface area contributed by atoms with E-state index in [2.05, 4.69) is 32.2 Å². The fourth-order valence-electron chi connectivity index (χ4n) is 1.86. The zero-order valence-corrected chi connectivity index (χ0v) is 10.1. The average molecular weight is 245 g/mol. The monoisotopic (exact) mass is 245 g/mol. The molecule has 3 N–H and O–H groups in total. The molecule has 7 heteroatoms. The molecule has 0 spiro atoms. The topological polar surface area (TPSA) is 94.5 Å². The minimum atomic E-state index is 0.208. The van der Waals surface area contributed by atoms with Crippen LogP contribution in [-0.2, 0) is 0 Å². The van der Waals surface area contributed by atoms with Crippen molar-refractivity contribution in [3.63, 3.8) is 0 Å². The van der Waals surface area contributed by atoms with Crippen LogP contribution in [0.15, 0.2) is 18.7 Å². The number of hydrogen-bond donors (Lipinski definition) is 2. The first-order valence-corrected chi connectivity index (χ1v) is 5.96. The van der Waals surface area contributed by atoms with Crippen molar-refractivity contribution in [2.24, 2.45) is 11.8 Å². The third kappa shape index (κ3) is 2.24. The lowest BCUT2D eigenvalue weighted by molar-refractivity contribution is 0.777. The second-order valence-electron chi connectivity index (χ2n) is 4.64. The molecule has 2 aromatic rings. The van der Waals surface area contributed by atoms with Crippen LogP contribution in [0.25, 0.3) is 5.95 Å². The number of nitrogens with one attached hydrogen (secondary N) is 1. The van der Waals surface area contributed by atoms with Crippen LogP contribution in [0.3, 0.4) is 0 Å². The van der Waals surface area contributed by atoms with Crippen LogP contribution in [0.2, 0.25) is 0 Å². The first-order valence-electron chi connectivity index (χ1n) is 5.96. The van der Waals surface area contributed by atoms with E-state index in [0.717, 1.165) is 18.4 Å². The molecule has 2 unspecified atom stereocenters. The molecule has 0 aromatic carbocycles. The minimum Gasteiger partial charge on any atom is -0.368 e. The summed E-state index contributed by atoms with van der Waals surface area (Å²) in [7, 11) is 0. The summed E-state index contributed by atoms with van der Waals surface area (Å²) in [4.78, 5) is 16.4. The number of rotatable bonds is 4. The standard InChI is InChI=1S/C11H15N7/c1-7-4-8(7)5-14-10-15-9(12)16-11(17-10)18-3-2-13-6-18/h2-3,6-8H,4-5H2,1H3,(H3,12,14,15,16,17). The molecule has 2 aromatic heterocycles. The van der Waals surface area contributed by atoms with Gasteiger partial charge in [-0.05, 0) is 18.3 Å². The highest BCUT2D eigenvalue weighted by Crippen LogP contribution is 2.37. The molecule has 1 aliphatic carbocycles. The zero-order valence-electron chi connectivity index (χ0n) is 10.1. The Hall–Kier alpha value is -2.18. The number of hydrogen-bond acceptors (Lipinski definition) is 6. The molecule has 0 saturated heterocycles. The molecule has 0 aliphatic heterocycles. The molecule has 1 aliphatic rings. The second-order valence-corrected chi connectivity index (χ2v) is 4.64. The van der Waals surface area contributed by atoms with Gasteiger partial charge in [-0.3, -0.25) is 4.57 Å². The smallest absolute Gasteiger partial charge is 0.241 e. The lowest BCUT2D eigenvalue weighted by Crippen LogP contribution is -2.12. The van der Waals surface area contributed by atoms with Gasteiger partial charge in [0, 0.05) is 18.9 Å². The lowest BCUT2D eigenvalue weighted by atomic mass is 10.3. The molecule has 0 bridgehead atoms. The first kappa shape index (κ1) is 10.9. The highest BCUT2D eigenvalue weighted by atomic mass is 15.3. The molecule has 3 rings (SSSR count). The van der Waals surface area contributed by atoms with E-state index in [1.54, 1.807) is 23.3 Å². The Morgan fingerprint density at radius 2 is 2.28 bits per heavy atom. The van der Waals surface area contributed by atoms with E-state index in [4.69, 9.17) is 5.73 Å². The molecule has 7 nitrogen and oxygen atoms in total. The molecule has 1 fully saturated rings. The van der Waals surface area contributed by atoms with E-state index in [9.17, 15) is 0 Å². The molecular weight excluding hydrogens is 230 g/mol. The maximum absolute atomic E-state index is 5.68. The van der Waals surface area contributed by atoms with Gasteiger partial charge in [-0.2, -0.15) is 15.0 Å². The van der Waals surface area contributed by atoms with E-state index in [0.29, 0.717) is 11.9 Å². The normalized spacial score (nSPS) is 21.8. The molecular formula is C11H15N7. The maximum atomic E-state index is 5.68. The van der Waals surface area contributed by atoms with Crippen LogP contribution >= 0.6 is 0 Å². The van der Waals surface area contributed by atoms with Gasteiger partial charge in [0.2, 0.25) is 17.8 Å². The van der Waals surface area contributed by atoms with Gasteiger partial charge >= 0.3 is 0 Å². The van der Waals surface area contributed by atoms with E-state index in [-0.39, 0.29) is 5.95 Å². The quantitative estimate of drug-likeness (QED) is 0.823. The van der Waals surface area contributed by atoms with Crippen LogP contribution < -0.4 is 11.1 Å². The molecule has 94 valence electrons. The molecule has 0 radical (unpaired) electrons. The van der Waals surface area contributed by atoms with E-state index in [1.165, 1.54) is 6.42 Å². The van der Waals surface area contributed by atoms with Crippen molar-refractivity contribution in [1.29, 1.82) is 0 Å². The Kier molecular flexibility index (Phi) is 2.58. The Morgan fingerprint density at radius 3 is 2.94 bits per heavy atom. The Labute approximate surface area is 104 Å². The molecule has 2 heterocycles. The van der Waals surface area contributed by atoms with Crippen LogP contribution in [0.5, 0.6) is 0 Å². The predicted molar refractivity (Wildman–Crippen MR) is 67.1 cm³/mol. The summed E-state index contributed by atoms with van der Waals surface area (Å²) >= 11 is 0. The Balaban J connectivity index is 1.77. The van der Waals surface area contributed by atoms with Crippen LogP contribution in [0.1, 0.15) is 13.3 Å². The average Bonchev–Trinajstić information content (AvgIpc) is 2.83.